The Balaban J connectivity index is 1.63. The van der Waals surface area contributed by atoms with Gasteiger partial charge in [0.15, 0.2) is 0 Å². The van der Waals surface area contributed by atoms with Crippen molar-refractivity contribution in [1.29, 1.82) is 0 Å². The van der Waals surface area contributed by atoms with Gasteiger partial charge in [0.05, 0.1) is 18.3 Å². The van der Waals surface area contributed by atoms with E-state index in [-0.39, 0.29) is 5.41 Å². The zero-order chi connectivity index (χ0) is 14.9. The van der Waals surface area contributed by atoms with Crippen LogP contribution in [-0.2, 0) is 12.0 Å². The van der Waals surface area contributed by atoms with Crippen molar-refractivity contribution in [1.82, 2.24) is 24.6 Å². The fourth-order valence-electron chi connectivity index (χ4n) is 2.72. The molecule has 0 spiro atoms. The number of piperidine rings is 1. The highest BCUT2D eigenvalue weighted by Gasteiger charge is 2.24. The standard InChI is InChI=1S/C15H23N5O/c1-15(2,3)13-9-21-14(18-13)8-19-6-4-5-12(7-19)20-11-16-10-17-20/h9-12H,4-8H2,1-3H3. The summed E-state index contributed by atoms with van der Waals surface area (Å²) >= 11 is 0. The molecule has 114 valence electrons. The molecule has 0 bridgehead atoms. The summed E-state index contributed by atoms with van der Waals surface area (Å²) in [6.07, 6.45) is 7.50. The minimum absolute atomic E-state index is 0.0346. The van der Waals surface area contributed by atoms with Crippen molar-refractivity contribution in [2.45, 2.75) is 51.6 Å². The predicted molar refractivity (Wildman–Crippen MR) is 78.8 cm³/mol. The SMILES string of the molecule is CC(C)(C)c1coc(CN2CCCC(n3cncn3)C2)n1. The van der Waals surface area contributed by atoms with Crippen LogP contribution in [-0.4, -0.2) is 37.7 Å². The molecule has 1 aliphatic rings. The van der Waals surface area contributed by atoms with Crippen LogP contribution in [0.5, 0.6) is 0 Å². The highest BCUT2D eigenvalue weighted by Crippen LogP contribution is 2.24. The van der Waals surface area contributed by atoms with Crippen molar-refractivity contribution in [3.05, 3.63) is 30.5 Å². The minimum atomic E-state index is 0.0346. The fraction of sp³-hybridized carbons (Fsp3) is 0.667. The molecule has 6 nitrogen and oxygen atoms in total. The summed E-state index contributed by atoms with van der Waals surface area (Å²) in [5.41, 5.74) is 1.05. The molecule has 1 atom stereocenters. The molecule has 21 heavy (non-hydrogen) atoms. The maximum atomic E-state index is 5.63. The van der Waals surface area contributed by atoms with Gasteiger partial charge in [-0.1, -0.05) is 20.8 Å². The maximum absolute atomic E-state index is 5.63. The van der Waals surface area contributed by atoms with Gasteiger partial charge in [0, 0.05) is 12.0 Å². The molecule has 0 aliphatic carbocycles. The molecule has 1 fully saturated rings. The first-order valence-corrected chi connectivity index (χ1v) is 7.54. The number of hydrogen-bond donors (Lipinski definition) is 0. The summed E-state index contributed by atoms with van der Waals surface area (Å²) < 4.78 is 7.59. The Bertz CT molecular complexity index is 569. The van der Waals surface area contributed by atoms with Crippen LogP contribution in [0.15, 0.2) is 23.3 Å². The van der Waals surface area contributed by atoms with E-state index in [0.717, 1.165) is 44.1 Å². The number of hydrogen-bond acceptors (Lipinski definition) is 5. The summed E-state index contributed by atoms with van der Waals surface area (Å²) in [5, 5.41) is 4.26. The van der Waals surface area contributed by atoms with Crippen LogP contribution < -0.4 is 0 Å². The Labute approximate surface area is 125 Å². The van der Waals surface area contributed by atoms with Gasteiger partial charge in [-0.25, -0.2) is 14.6 Å². The summed E-state index contributed by atoms with van der Waals surface area (Å²) in [7, 11) is 0. The average Bonchev–Trinajstić information content (AvgIpc) is 3.09. The smallest absolute Gasteiger partial charge is 0.208 e. The van der Waals surface area contributed by atoms with Crippen LogP contribution in [0.1, 0.15) is 51.2 Å². The largest absolute Gasteiger partial charge is 0.447 e. The molecule has 6 heteroatoms. The molecule has 0 saturated carbocycles. The molecule has 0 amide bonds. The second-order valence-corrected chi connectivity index (χ2v) is 6.78. The van der Waals surface area contributed by atoms with Gasteiger partial charge in [-0.15, -0.1) is 0 Å². The van der Waals surface area contributed by atoms with E-state index in [1.807, 2.05) is 4.68 Å². The van der Waals surface area contributed by atoms with Crippen LogP contribution in [0.4, 0.5) is 0 Å². The van der Waals surface area contributed by atoms with Gasteiger partial charge in [-0.3, -0.25) is 4.90 Å². The van der Waals surface area contributed by atoms with Gasteiger partial charge >= 0.3 is 0 Å². The van der Waals surface area contributed by atoms with E-state index in [9.17, 15) is 0 Å². The Kier molecular flexibility index (Phi) is 3.80. The lowest BCUT2D eigenvalue weighted by atomic mass is 9.93. The number of rotatable bonds is 3. The van der Waals surface area contributed by atoms with Crippen molar-refractivity contribution in [2.75, 3.05) is 13.1 Å². The van der Waals surface area contributed by atoms with E-state index >= 15 is 0 Å². The second kappa shape index (κ2) is 5.60. The first-order valence-electron chi connectivity index (χ1n) is 7.54. The van der Waals surface area contributed by atoms with Crippen LogP contribution in [0, 0.1) is 0 Å². The second-order valence-electron chi connectivity index (χ2n) is 6.78. The quantitative estimate of drug-likeness (QED) is 0.868. The summed E-state index contributed by atoms with van der Waals surface area (Å²) in [6.45, 7) is 9.26. The molecule has 1 saturated heterocycles. The molecule has 0 radical (unpaired) electrons. The van der Waals surface area contributed by atoms with Crippen LogP contribution >= 0.6 is 0 Å². The molecule has 0 N–H and O–H groups in total. The molecule has 0 aromatic carbocycles. The maximum Gasteiger partial charge on any atom is 0.208 e. The lowest BCUT2D eigenvalue weighted by molar-refractivity contribution is 0.151. The van der Waals surface area contributed by atoms with Crippen LogP contribution in [0.3, 0.4) is 0 Å². The lowest BCUT2D eigenvalue weighted by Crippen LogP contribution is -2.36. The third-order valence-corrected chi connectivity index (χ3v) is 3.97. The normalized spacial score (nSPS) is 20.8. The first-order chi connectivity index (χ1) is 10.0. The molecule has 2 aromatic heterocycles. The number of likely N-dealkylation sites (tertiary alicyclic amines) is 1. The van der Waals surface area contributed by atoms with Gasteiger partial charge in [0.25, 0.3) is 0 Å². The molecular weight excluding hydrogens is 266 g/mol. The number of aromatic nitrogens is 4. The Morgan fingerprint density at radius 1 is 1.38 bits per heavy atom. The molecule has 1 unspecified atom stereocenters. The zero-order valence-electron chi connectivity index (χ0n) is 13.0. The van der Waals surface area contributed by atoms with E-state index in [0.29, 0.717) is 6.04 Å². The number of oxazole rings is 1. The summed E-state index contributed by atoms with van der Waals surface area (Å²) in [4.78, 5) is 11.0. The van der Waals surface area contributed by atoms with E-state index in [1.54, 1.807) is 18.9 Å². The van der Waals surface area contributed by atoms with Gasteiger partial charge in [0.2, 0.25) is 5.89 Å². The van der Waals surface area contributed by atoms with Crippen molar-refractivity contribution >= 4 is 0 Å². The van der Waals surface area contributed by atoms with Crippen molar-refractivity contribution in [3.8, 4) is 0 Å². The topological polar surface area (TPSA) is 60.0 Å². The predicted octanol–water partition coefficient (Wildman–Crippen LogP) is 2.40. The fourth-order valence-corrected chi connectivity index (χ4v) is 2.72. The molecular formula is C15H23N5O. The highest BCUT2D eigenvalue weighted by molar-refractivity contribution is 5.08. The molecule has 3 heterocycles. The van der Waals surface area contributed by atoms with Crippen molar-refractivity contribution < 1.29 is 4.42 Å². The third kappa shape index (κ3) is 3.32. The van der Waals surface area contributed by atoms with Crippen LogP contribution in [0.25, 0.3) is 0 Å². The summed E-state index contributed by atoms with van der Waals surface area (Å²) in [6, 6.07) is 0.401. The Morgan fingerprint density at radius 3 is 2.90 bits per heavy atom. The van der Waals surface area contributed by atoms with E-state index in [4.69, 9.17) is 4.42 Å². The minimum Gasteiger partial charge on any atom is -0.447 e. The lowest BCUT2D eigenvalue weighted by Gasteiger charge is -2.31. The van der Waals surface area contributed by atoms with Crippen LogP contribution in [0.2, 0.25) is 0 Å². The number of nitrogens with zero attached hydrogens (tertiary/aromatic N) is 5. The molecule has 3 rings (SSSR count). The van der Waals surface area contributed by atoms with Crippen molar-refractivity contribution in [3.63, 3.8) is 0 Å². The summed E-state index contributed by atoms with van der Waals surface area (Å²) in [5.74, 6) is 0.805. The first kappa shape index (κ1) is 14.3. The highest BCUT2D eigenvalue weighted by atomic mass is 16.3. The Hall–Kier alpha value is -1.69. The average molecular weight is 289 g/mol. The Morgan fingerprint density at radius 2 is 2.24 bits per heavy atom. The van der Waals surface area contributed by atoms with Gasteiger partial charge in [-0.2, -0.15) is 5.10 Å². The van der Waals surface area contributed by atoms with E-state index in [1.165, 1.54) is 0 Å². The van der Waals surface area contributed by atoms with Gasteiger partial charge < -0.3 is 4.42 Å². The monoisotopic (exact) mass is 289 g/mol. The van der Waals surface area contributed by atoms with E-state index in [2.05, 4.69) is 40.7 Å². The van der Waals surface area contributed by atoms with Gasteiger partial charge in [0.1, 0.15) is 18.9 Å². The van der Waals surface area contributed by atoms with Crippen molar-refractivity contribution in [2.24, 2.45) is 0 Å². The third-order valence-electron chi connectivity index (χ3n) is 3.97. The van der Waals surface area contributed by atoms with Gasteiger partial charge in [-0.05, 0) is 19.4 Å². The zero-order valence-corrected chi connectivity index (χ0v) is 13.0. The molecule has 1 aliphatic heterocycles. The van der Waals surface area contributed by atoms with E-state index < -0.39 is 0 Å². The molecule has 2 aromatic rings.